The Morgan fingerprint density at radius 3 is 2.62 bits per heavy atom. The molecule has 2 rings (SSSR count). The topological polar surface area (TPSA) is 82.2 Å². The fourth-order valence-electron chi connectivity index (χ4n) is 2.21. The summed E-state index contributed by atoms with van der Waals surface area (Å²) in [6, 6.07) is 9.94. The van der Waals surface area contributed by atoms with E-state index < -0.39 is 5.97 Å². The van der Waals surface area contributed by atoms with E-state index in [0.717, 1.165) is 12.8 Å². The Balaban J connectivity index is 1.86. The Kier molecular flexibility index (Phi) is 4.77. The lowest BCUT2D eigenvalue weighted by atomic mass is 10.1. The summed E-state index contributed by atoms with van der Waals surface area (Å²) < 4.78 is 0. The lowest BCUT2D eigenvalue weighted by molar-refractivity contribution is -0.116. The molecular weight excluding hydrogens is 268 g/mol. The van der Waals surface area contributed by atoms with E-state index in [-0.39, 0.29) is 11.5 Å². The Bertz CT molecular complexity index is 632. The molecule has 0 aliphatic heterocycles. The predicted molar refractivity (Wildman–Crippen MR) is 80.5 cm³/mol. The molecule has 0 atom stereocenters. The van der Waals surface area contributed by atoms with E-state index in [1.54, 1.807) is 6.92 Å². The summed E-state index contributed by atoms with van der Waals surface area (Å²) in [7, 11) is 0. The molecule has 0 saturated carbocycles. The minimum absolute atomic E-state index is 0.117. The second-order valence-corrected chi connectivity index (χ2v) is 4.89. The Labute approximate surface area is 123 Å². The Morgan fingerprint density at radius 1 is 1.24 bits per heavy atom. The van der Waals surface area contributed by atoms with E-state index in [2.05, 4.69) is 10.3 Å². The minimum atomic E-state index is -1.05. The van der Waals surface area contributed by atoms with Crippen LogP contribution < -0.4 is 5.32 Å². The van der Waals surface area contributed by atoms with E-state index in [1.807, 2.05) is 30.3 Å². The van der Waals surface area contributed by atoms with Crippen LogP contribution in [0.15, 0.2) is 36.5 Å². The second-order valence-electron chi connectivity index (χ2n) is 4.89. The maximum Gasteiger partial charge on any atom is 0.339 e. The molecule has 0 spiro atoms. The van der Waals surface area contributed by atoms with Gasteiger partial charge in [-0.15, -0.1) is 0 Å². The third kappa shape index (κ3) is 3.95. The molecule has 0 fully saturated rings. The van der Waals surface area contributed by atoms with Gasteiger partial charge in [0.15, 0.2) is 0 Å². The maximum atomic E-state index is 11.9. The van der Waals surface area contributed by atoms with Gasteiger partial charge in [-0.1, -0.05) is 30.3 Å². The van der Waals surface area contributed by atoms with Crippen molar-refractivity contribution in [3.05, 3.63) is 53.3 Å². The van der Waals surface area contributed by atoms with Crippen molar-refractivity contribution in [3.63, 3.8) is 0 Å². The molecule has 2 aromatic rings. The molecule has 0 aliphatic rings. The fourth-order valence-corrected chi connectivity index (χ4v) is 2.21. The number of aromatic amines is 1. The lowest BCUT2D eigenvalue weighted by Gasteiger charge is -2.05. The van der Waals surface area contributed by atoms with E-state index in [1.165, 1.54) is 11.8 Å². The predicted octanol–water partition coefficient (Wildman–Crippen LogP) is 2.98. The highest BCUT2D eigenvalue weighted by Gasteiger charge is 2.16. The molecule has 3 N–H and O–H groups in total. The standard InChI is InChI=1S/C16H18N2O3/c1-11-15(16(20)21)13(10-17-11)18-14(19)9-5-8-12-6-3-2-4-7-12/h2-4,6-7,10,17H,5,8-9H2,1H3,(H,18,19)(H,20,21). The van der Waals surface area contributed by atoms with Crippen molar-refractivity contribution in [3.8, 4) is 0 Å². The smallest absolute Gasteiger partial charge is 0.339 e. The number of carbonyl (C=O) groups is 2. The van der Waals surface area contributed by atoms with Crippen molar-refractivity contribution in [2.75, 3.05) is 5.32 Å². The molecule has 1 aromatic heterocycles. The fraction of sp³-hybridized carbons (Fsp3) is 0.250. The van der Waals surface area contributed by atoms with Crippen LogP contribution in [0.1, 0.15) is 34.5 Å². The van der Waals surface area contributed by atoms with Crippen LogP contribution in [-0.2, 0) is 11.2 Å². The number of aromatic nitrogens is 1. The quantitative estimate of drug-likeness (QED) is 0.763. The molecule has 1 aromatic carbocycles. The molecule has 0 saturated heterocycles. The first-order chi connectivity index (χ1) is 10.1. The second kappa shape index (κ2) is 6.74. The van der Waals surface area contributed by atoms with Gasteiger partial charge >= 0.3 is 5.97 Å². The van der Waals surface area contributed by atoms with Gasteiger partial charge < -0.3 is 15.4 Å². The molecule has 5 heteroatoms. The number of aromatic carboxylic acids is 1. The molecule has 5 nitrogen and oxygen atoms in total. The monoisotopic (exact) mass is 286 g/mol. The Hall–Kier alpha value is -2.56. The van der Waals surface area contributed by atoms with Crippen molar-refractivity contribution in [2.45, 2.75) is 26.2 Å². The zero-order valence-corrected chi connectivity index (χ0v) is 11.8. The van der Waals surface area contributed by atoms with Gasteiger partial charge in [-0.25, -0.2) is 4.79 Å². The zero-order chi connectivity index (χ0) is 15.2. The summed E-state index contributed by atoms with van der Waals surface area (Å²) in [5, 5.41) is 11.7. The molecular formula is C16H18N2O3. The average molecular weight is 286 g/mol. The van der Waals surface area contributed by atoms with Gasteiger partial charge in [-0.2, -0.15) is 0 Å². The number of rotatable bonds is 6. The van der Waals surface area contributed by atoms with E-state index in [4.69, 9.17) is 5.11 Å². The number of aryl methyl sites for hydroxylation is 2. The first kappa shape index (κ1) is 14.8. The number of carboxylic acid groups (broad SMARTS) is 1. The van der Waals surface area contributed by atoms with E-state index in [0.29, 0.717) is 17.8 Å². The first-order valence-corrected chi connectivity index (χ1v) is 6.83. The highest BCUT2D eigenvalue weighted by Crippen LogP contribution is 2.19. The number of amides is 1. The van der Waals surface area contributed by atoms with Crippen LogP contribution in [0.4, 0.5) is 5.69 Å². The van der Waals surface area contributed by atoms with Gasteiger partial charge in [-0.05, 0) is 25.3 Å². The average Bonchev–Trinajstić information content (AvgIpc) is 2.81. The number of hydrogen-bond donors (Lipinski definition) is 3. The SMILES string of the molecule is Cc1[nH]cc(NC(=O)CCCc2ccccc2)c1C(=O)O. The number of H-pyrrole nitrogens is 1. The van der Waals surface area contributed by atoms with Gasteiger partial charge in [0, 0.05) is 18.3 Å². The third-order valence-corrected chi connectivity index (χ3v) is 3.28. The molecule has 1 heterocycles. The van der Waals surface area contributed by atoms with E-state index >= 15 is 0 Å². The van der Waals surface area contributed by atoms with Gasteiger partial charge in [0.25, 0.3) is 0 Å². The maximum absolute atomic E-state index is 11.9. The molecule has 0 unspecified atom stereocenters. The van der Waals surface area contributed by atoms with Crippen LogP contribution in [0.3, 0.4) is 0 Å². The minimum Gasteiger partial charge on any atom is -0.478 e. The number of benzene rings is 1. The van der Waals surface area contributed by atoms with Crippen LogP contribution in [0.25, 0.3) is 0 Å². The van der Waals surface area contributed by atoms with Crippen molar-refractivity contribution < 1.29 is 14.7 Å². The van der Waals surface area contributed by atoms with Crippen molar-refractivity contribution in [1.82, 2.24) is 4.98 Å². The van der Waals surface area contributed by atoms with Crippen LogP contribution in [0.5, 0.6) is 0 Å². The number of hydrogen-bond acceptors (Lipinski definition) is 2. The number of carboxylic acids is 1. The lowest BCUT2D eigenvalue weighted by Crippen LogP contribution is -2.13. The Morgan fingerprint density at radius 2 is 1.95 bits per heavy atom. The van der Waals surface area contributed by atoms with Gasteiger partial charge in [0.05, 0.1) is 5.69 Å². The van der Waals surface area contributed by atoms with Crippen molar-refractivity contribution >= 4 is 17.6 Å². The third-order valence-electron chi connectivity index (χ3n) is 3.28. The molecule has 0 bridgehead atoms. The summed E-state index contributed by atoms with van der Waals surface area (Å²) in [6.07, 6.45) is 3.42. The molecule has 21 heavy (non-hydrogen) atoms. The van der Waals surface area contributed by atoms with Crippen LogP contribution >= 0.6 is 0 Å². The summed E-state index contributed by atoms with van der Waals surface area (Å²) in [4.78, 5) is 25.8. The largest absolute Gasteiger partial charge is 0.478 e. The number of nitrogens with one attached hydrogen (secondary N) is 2. The summed E-state index contributed by atoms with van der Waals surface area (Å²) >= 11 is 0. The van der Waals surface area contributed by atoms with Crippen LogP contribution in [0, 0.1) is 6.92 Å². The van der Waals surface area contributed by atoms with Crippen LogP contribution in [0.2, 0.25) is 0 Å². The zero-order valence-electron chi connectivity index (χ0n) is 11.8. The molecule has 1 amide bonds. The molecule has 0 radical (unpaired) electrons. The van der Waals surface area contributed by atoms with Crippen molar-refractivity contribution in [1.29, 1.82) is 0 Å². The summed E-state index contributed by atoms with van der Waals surface area (Å²) in [5.74, 6) is -1.22. The van der Waals surface area contributed by atoms with Crippen molar-refractivity contribution in [2.24, 2.45) is 0 Å². The first-order valence-electron chi connectivity index (χ1n) is 6.83. The van der Waals surface area contributed by atoms with Gasteiger partial charge in [-0.3, -0.25) is 4.79 Å². The van der Waals surface area contributed by atoms with Gasteiger partial charge in [0.1, 0.15) is 5.56 Å². The summed E-state index contributed by atoms with van der Waals surface area (Å²) in [6.45, 7) is 1.66. The molecule has 0 aliphatic carbocycles. The number of carbonyl (C=O) groups excluding carboxylic acids is 1. The summed E-state index contributed by atoms with van der Waals surface area (Å²) in [5.41, 5.74) is 2.16. The molecule has 110 valence electrons. The highest BCUT2D eigenvalue weighted by atomic mass is 16.4. The van der Waals surface area contributed by atoms with E-state index in [9.17, 15) is 9.59 Å². The normalized spacial score (nSPS) is 10.3. The van der Waals surface area contributed by atoms with Gasteiger partial charge in [0.2, 0.25) is 5.91 Å². The number of anilines is 1. The highest BCUT2D eigenvalue weighted by molar-refractivity contribution is 6.01. The van der Waals surface area contributed by atoms with Crippen LogP contribution in [-0.4, -0.2) is 22.0 Å².